The lowest BCUT2D eigenvalue weighted by atomic mass is 10.3. The SMILES string of the molecule is COCCOc1cccc(NCc2nc(C)no2)c1. The monoisotopic (exact) mass is 263 g/mol. The molecule has 0 aliphatic carbocycles. The molecule has 0 aliphatic rings. The highest BCUT2D eigenvalue weighted by Crippen LogP contribution is 2.17. The summed E-state index contributed by atoms with van der Waals surface area (Å²) < 4.78 is 15.5. The summed E-state index contributed by atoms with van der Waals surface area (Å²) in [4.78, 5) is 4.12. The van der Waals surface area contributed by atoms with Crippen LogP contribution in [0.15, 0.2) is 28.8 Å². The van der Waals surface area contributed by atoms with E-state index < -0.39 is 0 Å². The van der Waals surface area contributed by atoms with Crippen molar-refractivity contribution >= 4 is 5.69 Å². The number of benzene rings is 1. The fourth-order valence-corrected chi connectivity index (χ4v) is 1.53. The molecule has 1 aromatic carbocycles. The first kappa shape index (κ1) is 13.4. The molecular formula is C13H17N3O3. The van der Waals surface area contributed by atoms with Crippen molar-refractivity contribution in [1.29, 1.82) is 0 Å². The van der Waals surface area contributed by atoms with E-state index in [0.717, 1.165) is 11.4 Å². The van der Waals surface area contributed by atoms with Crippen LogP contribution in [0.25, 0.3) is 0 Å². The van der Waals surface area contributed by atoms with Crippen molar-refractivity contribution in [2.45, 2.75) is 13.5 Å². The van der Waals surface area contributed by atoms with E-state index in [2.05, 4.69) is 15.5 Å². The van der Waals surface area contributed by atoms with Crippen LogP contribution in [0, 0.1) is 6.92 Å². The third-order valence-corrected chi connectivity index (χ3v) is 2.40. The molecule has 0 atom stereocenters. The number of methoxy groups -OCH3 is 1. The summed E-state index contributed by atoms with van der Waals surface area (Å²) in [6, 6.07) is 7.69. The minimum absolute atomic E-state index is 0.488. The minimum Gasteiger partial charge on any atom is -0.491 e. The van der Waals surface area contributed by atoms with Gasteiger partial charge in [-0.15, -0.1) is 0 Å². The van der Waals surface area contributed by atoms with Gasteiger partial charge < -0.3 is 19.3 Å². The maximum absolute atomic E-state index is 5.53. The lowest BCUT2D eigenvalue weighted by molar-refractivity contribution is 0.146. The van der Waals surface area contributed by atoms with Crippen molar-refractivity contribution < 1.29 is 14.0 Å². The van der Waals surface area contributed by atoms with Gasteiger partial charge in [0.05, 0.1) is 13.2 Å². The van der Waals surface area contributed by atoms with Crippen LogP contribution >= 0.6 is 0 Å². The Morgan fingerprint density at radius 2 is 2.21 bits per heavy atom. The van der Waals surface area contributed by atoms with Gasteiger partial charge in [0.2, 0.25) is 5.89 Å². The highest BCUT2D eigenvalue weighted by atomic mass is 16.5. The van der Waals surface area contributed by atoms with E-state index in [9.17, 15) is 0 Å². The van der Waals surface area contributed by atoms with Gasteiger partial charge in [-0.1, -0.05) is 11.2 Å². The first-order valence-electron chi connectivity index (χ1n) is 6.03. The molecule has 0 unspecified atom stereocenters. The summed E-state index contributed by atoms with van der Waals surface area (Å²) in [5, 5.41) is 6.93. The molecule has 0 amide bonds. The van der Waals surface area contributed by atoms with Crippen molar-refractivity contribution in [1.82, 2.24) is 10.1 Å². The van der Waals surface area contributed by atoms with E-state index in [0.29, 0.717) is 31.5 Å². The molecule has 19 heavy (non-hydrogen) atoms. The van der Waals surface area contributed by atoms with E-state index in [1.54, 1.807) is 14.0 Å². The van der Waals surface area contributed by atoms with Crippen LogP contribution in [0.2, 0.25) is 0 Å². The number of anilines is 1. The highest BCUT2D eigenvalue weighted by Gasteiger charge is 2.02. The molecule has 102 valence electrons. The van der Waals surface area contributed by atoms with Crippen molar-refractivity contribution in [2.24, 2.45) is 0 Å². The van der Waals surface area contributed by atoms with E-state index in [1.807, 2.05) is 24.3 Å². The van der Waals surface area contributed by atoms with Crippen molar-refractivity contribution in [3.63, 3.8) is 0 Å². The molecule has 2 aromatic rings. The fourth-order valence-electron chi connectivity index (χ4n) is 1.53. The molecule has 6 heteroatoms. The first-order chi connectivity index (χ1) is 9.28. The third-order valence-electron chi connectivity index (χ3n) is 2.40. The van der Waals surface area contributed by atoms with E-state index >= 15 is 0 Å². The van der Waals surface area contributed by atoms with E-state index in [1.165, 1.54) is 0 Å². The second kappa shape index (κ2) is 6.75. The van der Waals surface area contributed by atoms with Crippen LogP contribution in [0.3, 0.4) is 0 Å². The van der Waals surface area contributed by atoms with Gasteiger partial charge in [0.25, 0.3) is 0 Å². The van der Waals surface area contributed by atoms with Crippen LogP contribution in [0.1, 0.15) is 11.7 Å². The van der Waals surface area contributed by atoms with Crippen molar-refractivity contribution in [2.75, 3.05) is 25.6 Å². The molecule has 1 N–H and O–H groups in total. The number of nitrogens with zero attached hydrogens (tertiary/aromatic N) is 2. The summed E-state index contributed by atoms with van der Waals surface area (Å²) >= 11 is 0. The topological polar surface area (TPSA) is 69.4 Å². The normalized spacial score (nSPS) is 10.4. The molecule has 0 spiro atoms. The Hall–Kier alpha value is -2.08. The highest BCUT2D eigenvalue weighted by molar-refractivity contribution is 5.48. The van der Waals surface area contributed by atoms with Crippen LogP contribution in [-0.4, -0.2) is 30.5 Å². The second-order valence-electron chi connectivity index (χ2n) is 3.96. The fraction of sp³-hybridized carbons (Fsp3) is 0.385. The summed E-state index contributed by atoms with van der Waals surface area (Å²) in [5.41, 5.74) is 0.936. The summed E-state index contributed by atoms with van der Waals surface area (Å²) in [6.45, 7) is 3.38. The summed E-state index contributed by atoms with van der Waals surface area (Å²) in [5.74, 6) is 1.99. The number of hydrogen-bond donors (Lipinski definition) is 1. The molecule has 6 nitrogen and oxygen atoms in total. The quantitative estimate of drug-likeness (QED) is 0.771. The molecule has 0 saturated heterocycles. The Bertz CT molecular complexity index is 513. The molecule has 0 bridgehead atoms. The largest absolute Gasteiger partial charge is 0.491 e. The molecule has 0 radical (unpaired) electrons. The van der Waals surface area contributed by atoms with Gasteiger partial charge in [0.15, 0.2) is 5.82 Å². The van der Waals surface area contributed by atoms with E-state index in [-0.39, 0.29) is 0 Å². The molecule has 0 fully saturated rings. The molecular weight excluding hydrogens is 246 g/mol. The molecule has 0 saturated carbocycles. The number of hydrogen-bond acceptors (Lipinski definition) is 6. The number of aryl methyl sites for hydroxylation is 1. The number of rotatable bonds is 7. The average molecular weight is 263 g/mol. The molecule has 2 rings (SSSR count). The van der Waals surface area contributed by atoms with E-state index in [4.69, 9.17) is 14.0 Å². The Morgan fingerprint density at radius 3 is 2.95 bits per heavy atom. The van der Waals surface area contributed by atoms with Crippen molar-refractivity contribution in [3.8, 4) is 5.75 Å². The van der Waals surface area contributed by atoms with Gasteiger partial charge >= 0.3 is 0 Å². The predicted molar refractivity (Wildman–Crippen MR) is 70.2 cm³/mol. The van der Waals surface area contributed by atoms with Gasteiger partial charge in [0, 0.05) is 18.9 Å². The van der Waals surface area contributed by atoms with Gasteiger partial charge in [-0.2, -0.15) is 4.98 Å². The average Bonchev–Trinajstić information content (AvgIpc) is 2.83. The zero-order valence-electron chi connectivity index (χ0n) is 11.0. The van der Waals surface area contributed by atoms with Crippen LogP contribution in [0.4, 0.5) is 5.69 Å². The number of aromatic nitrogens is 2. The maximum atomic E-state index is 5.53. The first-order valence-corrected chi connectivity index (χ1v) is 6.03. The summed E-state index contributed by atoms with van der Waals surface area (Å²) in [6.07, 6.45) is 0. The molecule has 1 aromatic heterocycles. The molecule has 0 aliphatic heterocycles. The number of ether oxygens (including phenoxy) is 2. The predicted octanol–water partition coefficient (Wildman–Crippen LogP) is 2.02. The Balaban J connectivity index is 1.87. The minimum atomic E-state index is 0.488. The van der Waals surface area contributed by atoms with Gasteiger partial charge in [-0.3, -0.25) is 0 Å². The van der Waals surface area contributed by atoms with Crippen LogP contribution in [-0.2, 0) is 11.3 Å². The standard InChI is InChI=1S/C13H17N3O3/c1-10-15-13(19-16-10)9-14-11-4-3-5-12(8-11)18-7-6-17-2/h3-5,8,14H,6-7,9H2,1-2H3. The van der Waals surface area contributed by atoms with Gasteiger partial charge in [-0.25, -0.2) is 0 Å². The Morgan fingerprint density at radius 1 is 1.32 bits per heavy atom. The second-order valence-corrected chi connectivity index (χ2v) is 3.96. The lowest BCUT2D eigenvalue weighted by Crippen LogP contribution is -2.05. The molecule has 1 heterocycles. The van der Waals surface area contributed by atoms with Crippen molar-refractivity contribution in [3.05, 3.63) is 36.0 Å². The zero-order valence-corrected chi connectivity index (χ0v) is 11.0. The third kappa shape index (κ3) is 4.26. The summed E-state index contributed by atoms with van der Waals surface area (Å²) in [7, 11) is 1.65. The van der Waals surface area contributed by atoms with Gasteiger partial charge in [0.1, 0.15) is 12.4 Å². The maximum Gasteiger partial charge on any atom is 0.245 e. The Labute approximate surface area is 111 Å². The van der Waals surface area contributed by atoms with Gasteiger partial charge in [-0.05, 0) is 19.1 Å². The number of nitrogens with one attached hydrogen (secondary N) is 1. The van der Waals surface area contributed by atoms with Crippen LogP contribution < -0.4 is 10.1 Å². The zero-order chi connectivity index (χ0) is 13.5. The lowest BCUT2D eigenvalue weighted by Gasteiger charge is -2.08. The Kier molecular flexibility index (Phi) is 4.74. The smallest absolute Gasteiger partial charge is 0.245 e. The van der Waals surface area contributed by atoms with Crippen LogP contribution in [0.5, 0.6) is 5.75 Å².